The number of halogens is 2. The van der Waals surface area contributed by atoms with Crippen molar-refractivity contribution in [1.82, 2.24) is 5.32 Å². The molecule has 0 aliphatic heterocycles. The van der Waals surface area contributed by atoms with E-state index < -0.39 is 0 Å². The molecule has 0 aromatic heterocycles. The number of carbonyl (C=O) groups is 2. The molecule has 4 N–H and O–H groups in total. The van der Waals surface area contributed by atoms with Gasteiger partial charge in [0.15, 0.2) is 0 Å². The van der Waals surface area contributed by atoms with Crippen LogP contribution >= 0.6 is 23.2 Å². The molecule has 36 heavy (non-hydrogen) atoms. The van der Waals surface area contributed by atoms with Crippen molar-refractivity contribution in [2.75, 3.05) is 11.1 Å². The van der Waals surface area contributed by atoms with Crippen LogP contribution in [-0.2, 0) is 0 Å². The van der Waals surface area contributed by atoms with E-state index in [1.165, 1.54) is 12.5 Å². The summed E-state index contributed by atoms with van der Waals surface area (Å²) in [5.41, 5.74) is 9.50. The third-order valence-corrected chi connectivity index (χ3v) is 7.16. The van der Waals surface area contributed by atoms with Crippen molar-refractivity contribution in [3.63, 3.8) is 0 Å². The third kappa shape index (κ3) is 6.45. The van der Waals surface area contributed by atoms with Gasteiger partial charge >= 0.3 is 0 Å². The fraction of sp³-hybridized carbons (Fsp3) is 0.250. The Morgan fingerprint density at radius 2 is 1.61 bits per heavy atom. The van der Waals surface area contributed by atoms with Crippen molar-refractivity contribution < 1.29 is 9.59 Å². The number of nitrogens with zero attached hydrogens (tertiary/aromatic N) is 1. The van der Waals surface area contributed by atoms with Gasteiger partial charge in [0.05, 0.1) is 21.4 Å². The molecule has 8 heteroatoms. The van der Waals surface area contributed by atoms with Crippen molar-refractivity contribution >= 4 is 58.3 Å². The quantitative estimate of drug-likeness (QED) is 0.243. The Morgan fingerprint density at radius 3 is 2.33 bits per heavy atom. The molecule has 0 spiro atoms. The van der Waals surface area contributed by atoms with Crippen molar-refractivity contribution in [2.24, 2.45) is 10.9 Å². The number of nitrogens with one attached hydrogen (secondary N) is 2. The van der Waals surface area contributed by atoms with Crippen LogP contribution in [0, 0.1) is 5.92 Å². The van der Waals surface area contributed by atoms with Crippen LogP contribution in [0.15, 0.2) is 65.7 Å². The van der Waals surface area contributed by atoms with Crippen molar-refractivity contribution in [2.45, 2.75) is 38.6 Å². The molecule has 1 aliphatic carbocycles. The smallest absolute Gasteiger partial charge is 0.255 e. The first-order chi connectivity index (χ1) is 17.3. The first kappa shape index (κ1) is 25.7. The van der Waals surface area contributed by atoms with E-state index in [9.17, 15) is 9.59 Å². The zero-order valence-electron chi connectivity index (χ0n) is 19.9. The lowest BCUT2D eigenvalue weighted by Crippen LogP contribution is -2.41. The Balaban J connectivity index is 1.40. The van der Waals surface area contributed by atoms with Crippen LogP contribution in [-0.4, -0.2) is 24.1 Å². The molecule has 1 fully saturated rings. The standard InChI is InChI=1S/C28H28Cl2N4O2/c1-17-4-2-3-5-25(17)34-28(36)20-9-13-24(31)26(15-20)32-16-18-6-10-21(11-7-18)33-27(35)19-8-12-22(29)23(30)14-19/h6-17,25H,2-5,31H2,1H3,(H,33,35)(H,34,36). The SMILES string of the molecule is CC1CCCCC1NC(=O)c1ccc(N)c(N=Cc2ccc(NC(=O)c3ccc(Cl)c(Cl)c3)cc2)c1. The molecule has 0 saturated heterocycles. The van der Waals surface area contributed by atoms with E-state index >= 15 is 0 Å². The third-order valence-electron chi connectivity index (χ3n) is 6.42. The monoisotopic (exact) mass is 522 g/mol. The van der Waals surface area contributed by atoms with E-state index in [-0.39, 0.29) is 17.9 Å². The van der Waals surface area contributed by atoms with Crippen LogP contribution in [0.4, 0.5) is 17.1 Å². The van der Waals surface area contributed by atoms with Crippen LogP contribution in [0.25, 0.3) is 0 Å². The summed E-state index contributed by atoms with van der Waals surface area (Å²) in [5.74, 6) is 0.0819. The van der Waals surface area contributed by atoms with Crippen LogP contribution in [0.1, 0.15) is 58.9 Å². The number of hydrogen-bond acceptors (Lipinski definition) is 4. The molecule has 2 unspecified atom stereocenters. The van der Waals surface area contributed by atoms with Gasteiger partial charge in [0.25, 0.3) is 11.8 Å². The van der Waals surface area contributed by atoms with Crippen LogP contribution in [0.2, 0.25) is 10.0 Å². The number of nitrogen functional groups attached to an aromatic ring is 1. The Hall–Kier alpha value is -3.35. The minimum atomic E-state index is -0.291. The normalized spacial score (nSPS) is 17.6. The Labute approximate surface area is 220 Å². The summed E-state index contributed by atoms with van der Waals surface area (Å²) in [6.07, 6.45) is 6.18. The number of nitrogens with two attached hydrogens (primary N) is 1. The van der Waals surface area contributed by atoms with Crippen molar-refractivity contribution in [1.29, 1.82) is 0 Å². The van der Waals surface area contributed by atoms with Gasteiger partial charge in [-0.1, -0.05) is 55.1 Å². The summed E-state index contributed by atoms with van der Waals surface area (Å²) in [5, 5.41) is 6.70. The minimum absolute atomic E-state index is 0.104. The molecule has 3 aromatic rings. The summed E-state index contributed by atoms with van der Waals surface area (Å²) < 4.78 is 0. The van der Waals surface area contributed by atoms with Gasteiger partial charge in [-0.15, -0.1) is 0 Å². The number of amides is 2. The van der Waals surface area contributed by atoms with E-state index in [4.69, 9.17) is 28.9 Å². The van der Waals surface area contributed by atoms with Crippen LogP contribution in [0.5, 0.6) is 0 Å². The number of carbonyl (C=O) groups excluding carboxylic acids is 2. The largest absolute Gasteiger partial charge is 0.397 e. The molecule has 6 nitrogen and oxygen atoms in total. The summed E-state index contributed by atoms with van der Waals surface area (Å²) in [4.78, 5) is 29.8. The van der Waals surface area contributed by atoms with Crippen molar-refractivity contribution in [3.8, 4) is 0 Å². The Kier molecular flexibility index (Phi) is 8.28. The summed E-state index contributed by atoms with van der Waals surface area (Å²) in [6, 6.07) is 17.2. The van der Waals surface area contributed by atoms with Gasteiger partial charge < -0.3 is 16.4 Å². The molecule has 4 rings (SSSR count). The fourth-order valence-corrected chi connectivity index (χ4v) is 4.51. The number of anilines is 2. The van der Waals surface area contributed by atoms with E-state index in [0.717, 1.165) is 24.8 Å². The average molecular weight is 523 g/mol. The molecule has 0 heterocycles. The van der Waals surface area contributed by atoms with E-state index in [2.05, 4.69) is 22.5 Å². The van der Waals surface area contributed by atoms with E-state index in [1.54, 1.807) is 48.7 Å². The minimum Gasteiger partial charge on any atom is -0.397 e. The topological polar surface area (TPSA) is 96.6 Å². The van der Waals surface area contributed by atoms with Gasteiger partial charge in [0, 0.05) is 29.1 Å². The van der Waals surface area contributed by atoms with Gasteiger partial charge in [-0.2, -0.15) is 0 Å². The maximum Gasteiger partial charge on any atom is 0.255 e. The first-order valence-electron chi connectivity index (χ1n) is 11.9. The average Bonchev–Trinajstić information content (AvgIpc) is 2.87. The lowest BCUT2D eigenvalue weighted by Gasteiger charge is -2.29. The van der Waals surface area contributed by atoms with E-state index in [1.807, 2.05) is 12.1 Å². The number of rotatable bonds is 6. The lowest BCUT2D eigenvalue weighted by atomic mass is 9.86. The molecule has 186 valence electrons. The Bertz CT molecular complexity index is 1290. The maximum atomic E-state index is 12.8. The molecule has 0 radical (unpaired) electrons. The predicted molar refractivity (Wildman–Crippen MR) is 148 cm³/mol. The second kappa shape index (κ2) is 11.6. The van der Waals surface area contributed by atoms with Gasteiger partial charge in [-0.25, -0.2) is 0 Å². The van der Waals surface area contributed by atoms with Gasteiger partial charge in [0.1, 0.15) is 0 Å². The van der Waals surface area contributed by atoms with Crippen LogP contribution < -0.4 is 16.4 Å². The summed E-state index contributed by atoms with van der Waals surface area (Å²) in [6.45, 7) is 2.19. The number of hydrogen-bond donors (Lipinski definition) is 3. The summed E-state index contributed by atoms with van der Waals surface area (Å²) >= 11 is 11.9. The first-order valence-corrected chi connectivity index (χ1v) is 12.7. The predicted octanol–water partition coefficient (Wildman–Crippen LogP) is 6.89. The number of aliphatic imine (C=N–C) groups is 1. The number of benzene rings is 3. The summed E-state index contributed by atoms with van der Waals surface area (Å²) in [7, 11) is 0. The molecule has 0 bridgehead atoms. The molecule has 1 aliphatic rings. The zero-order chi connectivity index (χ0) is 25.7. The highest BCUT2D eigenvalue weighted by Crippen LogP contribution is 2.27. The second-order valence-corrected chi connectivity index (χ2v) is 9.89. The highest BCUT2D eigenvalue weighted by Gasteiger charge is 2.23. The lowest BCUT2D eigenvalue weighted by molar-refractivity contribution is 0.0909. The van der Waals surface area contributed by atoms with Gasteiger partial charge in [0.2, 0.25) is 0 Å². The second-order valence-electron chi connectivity index (χ2n) is 9.08. The molecule has 3 aromatic carbocycles. The zero-order valence-corrected chi connectivity index (χ0v) is 21.4. The Morgan fingerprint density at radius 1 is 0.917 bits per heavy atom. The van der Waals surface area contributed by atoms with Gasteiger partial charge in [-0.3, -0.25) is 14.6 Å². The van der Waals surface area contributed by atoms with Crippen molar-refractivity contribution in [3.05, 3.63) is 87.4 Å². The van der Waals surface area contributed by atoms with Gasteiger partial charge in [-0.05, 0) is 72.9 Å². The molecule has 2 amide bonds. The fourth-order valence-electron chi connectivity index (χ4n) is 4.22. The van der Waals surface area contributed by atoms with Crippen LogP contribution in [0.3, 0.4) is 0 Å². The maximum absolute atomic E-state index is 12.8. The molecule has 2 atom stereocenters. The highest BCUT2D eigenvalue weighted by atomic mass is 35.5. The van der Waals surface area contributed by atoms with E-state index in [0.29, 0.717) is 44.2 Å². The molecular weight excluding hydrogens is 495 g/mol. The highest BCUT2D eigenvalue weighted by molar-refractivity contribution is 6.42. The molecule has 1 saturated carbocycles. The molecular formula is C28H28Cl2N4O2.